The van der Waals surface area contributed by atoms with Gasteiger partial charge in [-0.25, -0.2) is 0 Å². The van der Waals surface area contributed by atoms with Gasteiger partial charge in [0, 0.05) is 44.8 Å². The van der Waals surface area contributed by atoms with Crippen LogP contribution in [0.25, 0.3) is 0 Å². The lowest BCUT2D eigenvalue weighted by atomic mass is 10.1. The highest BCUT2D eigenvalue weighted by atomic mass is 35.5. The van der Waals surface area contributed by atoms with Crippen LogP contribution in [0.2, 0.25) is 0 Å². The Morgan fingerprint density at radius 3 is 1.89 bits per heavy atom. The molecular weight excluding hydrogens is 547 g/mol. The smallest absolute Gasteiger partial charge is 0.294 e. The summed E-state index contributed by atoms with van der Waals surface area (Å²) < 4.78 is 16.3. The van der Waals surface area contributed by atoms with E-state index in [2.05, 4.69) is 19.5 Å². The van der Waals surface area contributed by atoms with Crippen LogP contribution in [0.1, 0.15) is 11.1 Å². The largest absolute Gasteiger partial charge is 0.493 e. The van der Waals surface area contributed by atoms with Crippen molar-refractivity contribution in [3.05, 3.63) is 67.8 Å². The molecule has 1 heterocycles. The monoisotopic (exact) mass is 578 g/mol. The van der Waals surface area contributed by atoms with Gasteiger partial charge in [0.05, 0.1) is 21.3 Å². The summed E-state index contributed by atoms with van der Waals surface area (Å²) in [7, 11) is 4.78. The Hall–Kier alpha value is -3.42. The zero-order valence-corrected chi connectivity index (χ0v) is 22.9. The van der Waals surface area contributed by atoms with Crippen LogP contribution in [-0.4, -0.2) is 75.3 Å². The molecule has 212 valence electrons. The minimum atomic E-state index is -1.07. The Kier molecular flexibility index (Phi) is 13.5. The minimum Gasteiger partial charge on any atom is -0.493 e. The zero-order chi connectivity index (χ0) is 26.1. The molecule has 2 aromatic carbocycles. The fourth-order valence-corrected chi connectivity index (χ4v) is 4.15. The fourth-order valence-electron chi connectivity index (χ4n) is 4.15. The summed E-state index contributed by atoms with van der Waals surface area (Å²) in [5.74, 6) is 1.82. The van der Waals surface area contributed by atoms with Crippen LogP contribution in [0, 0.1) is 20.2 Å². The molecule has 13 nitrogen and oxygen atoms in total. The highest BCUT2D eigenvalue weighted by Crippen LogP contribution is 2.38. The fraction of sp³-hybridized carbons (Fsp3) is 0.478. The summed E-state index contributed by atoms with van der Waals surface area (Å²) in [5, 5.41) is 19.1. The van der Waals surface area contributed by atoms with Crippen molar-refractivity contribution in [3.8, 4) is 17.2 Å². The maximum absolute atomic E-state index is 10.7. The first kappa shape index (κ1) is 32.6. The molecule has 1 fully saturated rings. The number of rotatable bonds is 13. The number of anilines is 1. The Morgan fingerprint density at radius 1 is 0.842 bits per heavy atom. The summed E-state index contributed by atoms with van der Waals surface area (Å²) >= 11 is 0. The summed E-state index contributed by atoms with van der Waals surface area (Å²) in [5.41, 5.74) is 2.84. The second-order valence-electron chi connectivity index (χ2n) is 8.14. The van der Waals surface area contributed by atoms with E-state index in [4.69, 9.17) is 14.2 Å². The van der Waals surface area contributed by atoms with Crippen molar-refractivity contribution < 1.29 is 34.1 Å². The molecule has 1 aliphatic heterocycles. The second kappa shape index (κ2) is 15.7. The molecule has 0 bridgehead atoms. The van der Waals surface area contributed by atoms with Gasteiger partial charge in [-0.2, -0.15) is 0 Å². The number of nitrogens with zero attached hydrogens (tertiary/aromatic N) is 4. The lowest BCUT2D eigenvalue weighted by Crippen LogP contribution is -2.45. The Morgan fingerprint density at radius 2 is 1.42 bits per heavy atom. The lowest BCUT2D eigenvalue weighted by Gasteiger charge is -2.36. The van der Waals surface area contributed by atoms with Crippen molar-refractivity contribution in [1.82, 2.24) is 4.90 Å². The summed E-state index contributed by atoms with van der Waals surface area (Å²) in [6.45, 7) is 3.59. The van der Waals surface area contributed by atoms with E-state index in [-0.39, 0.29) is 31.2 Å². The van der Waals surface area contributed by atoms with E-state index in [1.807, 2.05) is 36.4 Å². The average molecular weight is 579 g/mol. The van der Waals surface area contributed by atoms with Crippen molar-refractivity contribution in [1.29, 1.82) is 0 Å². The van der Waals surface area contributed by atoms with Crippen LogP contribution in [-0.2, 0) is 22.6 Å². The molecule has 1 unspecified atom stereocenters. The summed E-state index contributed by atoms with van der Waals surface area (Å²) in [6.07, 6.45) is -0.965. The van der Waals surface area contributed by atoms with E-state index in [9.17, 15) is 20.2 Å². The number of hydrogen-bond donors (Lipinski definition) is 0. The Labute approximate surface area is 232 Å². The Bertz CT molecular complexity index is 1010. The van der Waals surface area contributed by atoms with Gasteiger partial charge >= 0.3 is 0 Å². The molecule has 0 N–H and O–H groups in total. The molecule has 15 heteroatoms. The van der Waals surface area contributed by atoms with Crippen LogP contribution in [0.4, 0.5) is 5.69 Å². The van der Waals surface area contributed by atoms with E-state index < -0.39 is 22.9 Å². The predicted octanol–water partition coefficient (Wildman–Crippen LogP) is 3.21. The maximum atomic E-state index is 10.7. The molecule has 3 rings (SSSR count). The van der Waals surface area contributed by atoms with E-state index in [1.54, 1.807) is 21.3 Å². The number of piperazine rings is 1. The van der Waals surface area contributed by atoms with Crippen molar-refractivity contribution in [2.24, 2.45) is 0 Å². The number of benzene rings is 2. The molecule has 0 aromatic heterocycles. The predicted molar refractivity (Wildman–Crippen MR) is 143 cm³/mol. The average Bonchev–Trinajstić information content (AvgIpc) is 2.87. The number of hydrogen-bond acceptors (Lipinski definition) is 11. The lowest BCUT2D eigenvalue weighted by molar-refractivity contribution is -0.789. The molecule has 1 atom stereocenters. The number of methoxy groups -OCH3 is 3. The van der Waals surface area contributed by atoms with Crippen LogP contribution in [0.15, 0.2) is 36.4 Å². The van der Waals surface area contributed by atoms with Crippen molar-refractivity contribution in [3.63, 3.8) is 0 Å². The van der Waals surface area contributed by atoms with Gasteiger partial charge in [0.2, 0.25) is 5.75 Å². The first-order valence-corrected chi connectivity index (χ1v) is 11.3. The van der Waals surface area contributed by atoms with Crippen LogP contribution < -0.4 is 19.1 Å². The molecule has 1 saturated heterocycles. The molecule has 0 radical (unpaired) electrons. The zero-order valence-electron chi connectivity index (χ0n) is 21.3. The van der Waals surface area contributed by atoms with Gasteiger partial charge in [-0.3, -0.25) is 4.90 Å². The van der Waals surface area contributed by atoms with Gasteiger partial charge in [-0.05, 0) is 35.4 Å². The first-order valence-electron chi connectivity index (χ1n) is 11.3. The highest BCUT2D eigenvalue weighted by Gasteiger charge is 2.21. The Balaban J connectivity index is 0.00000361. The van der Waals surface area contributed by atoms with Gasteiger partial charge < -0.3 is 28.8 Å². The van der Waals surface area contributed by atoms with Gasteiger partial charge in [0.1, 0.15) is 12.7 Å². The van der Waals surface area contributed by atoms with Gasteiger partial charge in [0.15, 0.2) is 11.5 Å². The second-order valence-corrected chi connectivity index (χ2v) is 8.14. The van der Waals surface area contributed by atoms with Gasteiger partial charge in [0.25, 0.3) is 10.2 Å². The molecule has 0 spiro atoms. The number of ether oxygens (including phenoxy) is 3. The molecule has 38 heavy (non-hydrogen) atoms. The van der Waals surface area contributed by atoms with Crippen LogP contribution in [0.5, 0.6) is 17.2 Å². The summed E-state index contributed by atoms with van der Waals surface area (Å²) in [4.78, 5) is 34.4. The first-order chi connectivity index (χ1) is 17.3. The highest BCUT2D eigenvalue weighted by molar-refractivity contribution is 5.85. The van der Waals surface area contributed by atoms with Crippen LogP contribution >= 0.6 is 24.8 Å². The molecule has 1 aliphatic rings. The van der Waals surface area contributed by atoms with Gasteiger partial charge in [-0.15, -0.1) is 45.0 Å². The van der Waals surface area contributed by atoms with Crippen molar-refractivity contribution in [2.75, 3.05) is 59.0 Å². The third-order valence-corrected chi connectivity index (χ3v) is 5.87. The summed E-state index contributed by atoms with van der Waals surface area (Å²) in [6, 6.07) is 11.4. The molecule has 2 aromatic rings. The molecule has 0 saturated carbocycles. The van der Waals surface area contributed by atoms with E-state index in [0.717, 1.165) is 49.5 Å². The standard InChI is InChI=1S/C23H30N4O9.2ClH/c1-32-21-13-18(14-22(33-2)23(21)34-3)15-24-8-10-25(11-9-24)19-6-4-17(5-7-19)12-20(36-27(30)31)16-35-26(28)29;;/h4-7,13-14,20H,8-12,15-16H2,1-3H3;2*1H. The number of halogens is 2. The molecule has 0 aliphatic carbocycles. The third-order valence-electron chi connectivity index (χ3n) is 5.87. The normalized spacial score (nSPS) is 13.8. The van der Waals surface area contributed by atoms with Crippen molar-refractivity contribution >= 4 is 30.5 Å². The third kappa shape index (κ3) is 9.15. The maximum Gasteiger partial charge on any atom is 0.294 e. The van der Waals surface area contributed by atoms with Gasteiger partial charge in [-0.1, -0.05) is 12.1 Å². The SMILES string of the molecule is COc1cc(CN2CCN(c3ccc(CC(CO[N+](=O)[O-])O[N+](=O)[O-])cc3)CC2)cc(OC)c1OC.Cl.Cl. The van der Waals surface area contributed by atoms with E-state index >= 15 is 0 Å². The quantitative estimate of drug-likeness (QED) is 0.255. The van der Waals surface area contributed by atoms with Crippen LogP contribution in [0.3, 0.4) is 0 Å². The van der Waals surface area contributed by atoms with E-state index in [0.29, 0.717) is 17.2 Å². The van der Waals surface area contributed by atoms with Crippen molar-refractivity contribution in [2.45, 2.75) is 19.1 Å². The topological polar surface area (TPSA) is 139 Å². The van der Waals surface area contributed by atoms with E-state index in [1.165, 1.54) is 0 Å². The molecular formula is C23H32Cl2N4O9. The molecule has 0 amide bonds. The minimum absolute atomic E-state index is 0.